The number of hydrogen-bond donors (Lipinski definition) is 1. The Bertz CT molecular complexity index is 726. The van der Waals surface area contributed by atoms with E-state index >= 15 is 0 Å². The molecule has 122 valence electrons. The summed E-state index contributed by atoms with van der Waals surface area (Å²) in [5.74, 6) is 2.36. The third kappa shape index (κ3) is 2.80. The second-order valence-corrected chi connectivity index (χ2v) is 6.22. The highest BCUT2D eigenvalue weighted by Crippen LogP contribution is 2.38. The van der Waals surface area contributed by atoms with E-state index in [2.05, 4.69) is 25.2 Å². The van der Waals surface area contributed by atoms with Crippen LogP contribution in [-0.4, -0.2) is 52.1 Å². The summed E-state index contributed by atoms with van der Waals surface area (Å²) < 4.78 is 6.55. The Morgan fingerprint density at radius 3 is 2.96 bits per heavy atom. The molecular weight excluding hydrogens is 296 g/mol. The molecule has 1 amide bonds. The summed E-state index contributed by atoms with van der Waals surface area (Å²) in [7, 11) is 1.39. The van der Waals surface area contributed by atoms with Crippen LogP contribution < -0.4 is 10.2 Å². The number of aromatic nitrogens is 4. The third-order valence-corrected chi connectivity index (χ3v) is 4.47. The number of fused-ring (bicyclic) bond motifs is 1. The number of ether oxygens (including phenoxy) is 1. The van der Waals surface area contributed by atoms with Gasteiger partial charge in [-0.15, -0.1) is 15.3 Å². The molecule has 2 aromatic rings. The maximum absolute atomic E-state index is 11.4. The number of piperidine rings is 1. The van der Waals surface area contributed by atoms with Crippen molar-refractivity contribution in [1.82, 2.24) is 25.1 Å². The summed E-state index contributed by atoms with van der Waals surface area (Å²) in [5, 5.41) is 16.1. The fourth-order valence-electron chi connectivity index (χ4n) is 3.09. The Labute approximate surface area is 133 Å². The van der Waals surface area contributed by atoms with E-state index in [0.717, 1.165) is 43.2 Å². The van der Waals surface area contributed by atoms with Gasteiger partial charge in [0.05, 0.1) is 7.11 Å². The first-order valence-electron chi connectivity index (χ1n) is 8.06. The minimum atomic E-state index is -0.380. The van der Waals surface area contributed by atoms with Crippen LogP contribution in [0, 0.1) is 0 Å². The smallest absolute Gasteiger partial charge is 0.407 e. The van der Waals surface area contributed by atoms with Crippen LogP contribution in [0.25, 0.3) is 5.65 Å². The van der Waals surface area contributed by atoms with Gasteiger partial charge in [0.2, 0.25) is 0 Å². The van der Waals surface area contributed by atoms with E-state index in [9.17, 15) is 4.79 Å². The summed E-state index contributed by atoms with van der Waals surface area (Å²) in [6, 6.07) is 4.01. The zero-order valence-corrected chi connectivity index (χ0v) is 13.1. The Hall–Kier alpha value is -2.38. The molecule has 8 nitrogen and oxygen atoms in total. The number of methoxy groups -OCH3 is 1. The molecule has 1 aliphatic heterocycles. The molecule has 0 aromatic carbocycles. The van der Waals surface area contributed by atoms with Crippen LogP contribution in [0.3, 0.4) is 0 Å². The van der Waals surface area contributed by atoms with Crippen molar-refractivity contribution in [3.05, 3.63) is 18.0 Å². The van der Waals surface area contributed by atoms with Crippen LogP contribution in [-0.2, 0) is 4.74 Å². The Morgan fingerprint density at radius 2 is 2.17 bits per heavy atom. The van der Waals surface area contributed by atoms with Crippen molar-refractivity contribution in [2.24, 2.45) is 0 Å². The lowest BCUT2D eigenvalue weighted by Gasteiger charge is -2.33. The maximum Gasteiger partial charge on any atom is 0.407 e. The molecule has 2 fully saturated rings. The van der Waals surface area contributed by atoms with Crippen molar-refractivity contribution in [2.75, 3.05) is 25.1 Å². The van der Waals surface area contributed by atoms with Crippen LogP contribution in [0.15, 0.2) is 12.1 Å². The van der Waals surface area contributed by atoms with Crippen molar-refractivity contribution in [3.63, 3.8) is 0 Å². The minimum Gasteiger partial charge on any atom is -0.453 e. The zero-order valence-electron chi connectivity index (χ0n) is 13.1. The van der Waals surface area contributed by atoms with E-state index in [0.29, 0.717) is 5.92 Å². The highest BCUT2D eigenvalue weighted by molar-refractivity contribution is 5.67. The molecule has 1 N–H and O–H groups in total. The van der Waals surface area contributed by atoms with Gasteiger partial charge in [0.1, 0.15) is 5.82 Å². The topological polar surface area (TPSA) is 84.6 Å². The maximum atomic E-state index is 11.4. The van der Waals surface area contributed by atoms with E-state index in [4.69, 9.17) is 5.10 Å². The number of nitrogens with one attached hydrogen (secondary N) is 1. The highest BCUT2D eigenvalue weighted by Gasteiger charge is 2.30. The minimum absolute atomic E-state index is 0.0810. The fourth-order valence-corrected chi connectivity index (χ4v) is 3.09. The SMILES string of the molecule is COC(=O)NC1CCCN(c2ccc3nnc(C4CC4)n3n2)C1. The van der Waals surface area contributed by atoms with Crippen molar-refractivity contribution in [1.29, 1.82) is 0 Å². The molecule has 3 heterocycles. The lowest BCUT2D eigenvalue weighted by Crippen LogP contribution is -2.48. The van der Waals surface area contributed by atoms with E-state index in [1.807, 2.05) is 16.6 Å². The molecule has 0 spiro atoms. The summed E-state index contributed by atoms with van der Waals surface area (Å²) >= 11 is 0. The van der Waals surface area contributed by atoms with Crippen LogP contribution in [0.1, 0.15) is 37.4 Å². The molecule has 2 aliphatic rings. The van der Waals surface area contributed by atoms with Crippen LogP contribution in [0.4, 0.5) is 10.6 Å². The molecule has 0 radical (unpaired) electrons. The van der Waals surface area contributed by atoms with E-state index < -0.39 is 0 Å². The van der Waals surface area contributed by atoms with Crippen molar-refractivity contribution in [2.45, 2.75) is 37.6 Å². The third-order valence-electron chi connectivity index (χ3n) is 4.47. The highest BCUT2D eigenvalue weighted by atomic mass is 16.5. The number of amides is 1. The standard InChI is InChI=1S/C15H20N6O2/c1-23-15(22)16-11-3-2-8-20(9-11)13-7-6-12-17-18-14(10-4-5-10)21(12)19-13/h6-7,10-11H,2-5,8-9H2,1H3,(H,16,22). The molecule has 2 aromatic heterocycles. The summed E-state index contributed by atoms with van der Waals surface area (Å²) in [6.07, 6.45) is 3.92. The first kappa shape index (κ1) is 14.2. The zero-order chi connectivity index (χ0) is 15.8. The van der Waals surface area contributed by atoms with E-state index in [1.165, 1.54) is 20.0 Å². The van der Waals surface area contributed by atoms with E-state index in [-0.39, 0.29) is 12.1 Å². The van der Waals surface area contributed by atoms with Gasteiger partial charge in [-0.25, -0.2) is 4.79 Å². The number of anilines is 1. The van der Waals surface area contributed by atoms with Crippen LogP contribution >= 0.6 is 0 Å². The molecular formula is C15H20N6O2. The van der Waals surface area contributed by atoms with Crippen molar-refractivity contribution < 1.29 is 9.53 Å². The van der Waals surface area contributed by atoms with Crippen molar-refractivity contribution >= 4 is 17.6 Å². The van der Waals surface area contributed by atoms with Crippen LogP contribution in [0.5, 0.6) is 0 Å². The predicted octanol–water partition coefficient (Wildman–Crippen LogP) is 1.33. The Kier molecular flexibility index (Phi) is 3.51. The number of rotatable bonds is 3. The second-order valence-electron chi connectivity index (χ2n) is 6.22. The number of carbonyl (C=O) groups is 1. The first-order chi connectivity index (χ1) is 11.2. The number of nitrogens with zero attached hydrogens (tertiary/aromatic N) is 5. The van der Waals surface area contributed by atoms with Gasteiger partial charge >= 0.3 is 6.09 Å². The number of hydrogen-bond acceptors (Lipinski definition) is 6. The number of alkyl carbamates (subject to hydrolysis) is 1. The normalized spacial score (nSPS) is 21.4. The quantitative estimate of drug-likeness (QED) is 0.919. The molecule has 1 atom stereocenters. The second kappa shape index (κ2) is 5.68. The largest absolute Gasteiger partial charge is 0.453 e. The van der Waals surface area contributed by atoms with Gasteiger partial charge in [-0.05, 0) is 37.8 Å². The van der Waals surface area contributed by atoms with Crippen LogP contribution in [0.2, 0.25) is 0 Å². The lowest BCUT2D eigenvalue weighted by atomic mass is 10.1. The molecule has 23 heavy (non-hydrogen) atoms. The predicted molar refractivity (Wildman–Crippen MR) is 83.5 cm³/mol. The van der Waals surface area contributed by atoms with Gasteiger partial charge in [-0.3, -0.25) is 0 Å². The van der Waals surface area contributed by atoms with Gasteiger partial charge in [-0.1, -0.05) is 0 Å². The molecule has 0 bridgehead atoms. The molecule has 4 rings (SSSR count). The summed E-state index contributed by atoms with van der Waals surface area (Å²) in [6.45, 7) is 1.66. The summed E-state index contributed by atoms with van der Waals surface area (Å²) in [4.78, 5) is 13.6. The molecule has 1 saturated carbocycles. The number of carbonyl (C=O) groups excluding carboxylic acids is 1. The summed E-state index contributed by atoms with van der Waals surface area (Å²) in [5.41, 5.74) is 0.789. The van der Waals surface area contributed by atoms with Gasteiger partial charge in [-0.2, -0.15) is 4.52 Å². The fraction of sp³-hybridized carbons (Fsp3) is 0.600. The Morgan fingerprint density at radius 1 is 1.30 bits per heavy atom. The molecule has 8 heteroatoms. The first-order valence-corrected chi connectivity index (χ1v) is 8.06. The Balaban J connectivity index is 1.55. The average molecular weight is 316 g/mol. The van der Waals surface area contributed by atoms with Gasteiger partial charge in [0.25, 0.3) is 0 Å². The van der Waals surface area contributed by atoms with Gasteiger partial charge in [0.15, 0.2) is 11.5 Å². The van der Waals surface area contributed by atoms with Gasteiger partial charge < -0.3 is 15.0 Å². The van der Waals surface area contributed by atoms with Crippen molar-refractivity contribution in [3.8, 4) is 0 Å². The molecule has 1 aliphatic carbocycles. The van der Waals surface area contributed by atoms with E-state index in [1.54, 1.807) is 0 Å². The lowest BCUT2D eigenvalue weighted by molar-refractivity contribution is 0.165. The monoisotopic (exact) mass is 316 g/mol. The van der Waals surface area contributed by atoms with Gasteiger partial charge in [0, 0.05) is 25.0 Å². The average Bonchev–Trinajstić information content (AvgIpc) is 3.34. The molecule has 1 saturated heterocycles. The molecule has 1 unspecified atom stereocenters.